The van der Waals surface area contributed by atoms with Crippen molar-refractivity contribution in [2.45, 2.75) is 26.2 Å². The lowest BCUT2D eigenvalue weighted by Crippen LogP contribution is -1.91. The van der Waals surface area contributed by atoms with Gasteiger partial charge in [0.1, 0.15) is 5.82 Å². The number of fused-ring (bicyclic) bond motifs is 3. The maximum atomic E-state index is 13.7. The number of hydrogen-bond donors (Lipinski definition) is 0. The molecule has 0 fully saturated rings. The van der Waals surface area contributed by atoms with Crippen molar-refractivity contribution in [2.24, 2.45) is 0 Å². The molecule has 0 aromatic heterocycles. The molecule has 0 spiro atoms. The van der Waals surface area contributed by atoms with Crippen LogP contribution in [0.1, 0.15) is 25.3 Å². The van der Waals surface area contributed by atoms with E-state index in [1.54, 1.807) is 12.1 Å². The fourth-order valence-corrected chi connectivity index (χ4v) is 2.76. The molecule has 0 atom stereocenters. The van der Waals surface area contributed by atoms with E-state index < -0.39 is 0 Å². The van der Waals surface area contributed by atoms with Crippen LogP contribution in [0.2, 0.25) is 0 Å². The summed E-state index contributed by atoms with van der Waals surface area (Å²) in [7, 11) is 0. The topological polar surface area (TPSA) is 0 Å². The summed E-state index contributed by atoms with van der Waals surface area (Å²) in [5.41, 5.74) is 1.13. The SMILES string of the molecule is CCCCc1cc(F)cc2ccc3ccccc3c12. The first-order valence-electron chi connectivity index (χ1n) is 6.89. The Hall–Kier alpha value is -1.89. The summed E-state index contributed by atoms with van der Waals surface area (Å²) in [5.74, 6) is -0.131. The summed E-state index contributed by atoms with van der Waals surface area (Å²) in [6.07, 6.45) is 3.17. The number of rotatable bonds is 3. The van der Waals surface area contributed by atoms with Crippen molar-refractivity contribution in [3.05, 3.63) is 59.9 Å². The van der Waals surface area contributed by atoms with E-state index >= 15 is 0 Å². The number of hydrogen-bond acceptors (Lipinski definition) is 0. The lowest BCUT2D eigenvalue weighted by atomic mass is 9.95. The summed E-state index contributed by atoms with van der Waals surface area (Å²) in [6.45, 7) is 2.17. The Bertz CT molecular complexity index is 728. The van der Waals surface area contributed by atoms with E-state index in [4.69, 9.17) is 0 Å². The second kappa shape index (κ2) is 5.00. The number of benzene rings is 3. The van der Waals surface area contributed by atoms with Gasteiger partial charge in [0.15, 0.2) is 0 Å². The van der Waals surface area contributed by atoms with Crippen LogP contribution in [-0.2, 0) is 6.42 Å². The van der Waals surface area contributed by atoms with Crippen LogP contribution in [0, 0.1) is 5.82 Å². The van der Waals surface area contributed by atoms with Gasteiger partial charge in [-0.2, -0.15) is 0 Å². The number of halogens is 1. The van der Waals surface area contributed by atoms with E-state index in [-0.39, 0.29) is 5.82 Å². The predicted octanol–water partition coefficient (Wildman–Crippen LogP) is 5.47. The van der Waals surface area contributed by atoms with Crippen molar-refractivity contribution in [3.8, 4) is 0 Å². The van der Waals surface area contributed by atoms with Gasteiger partial charge < -0.3 is 0 Å². The summed E-state index contributed by atoms with van der Waals surface area (Å²) in [4.78, 5) is 0. The Morgan fingerprint density at radius 2 is 1.74 bits per heavy atom. The minimum absolute atomic E-state index is 0.131. The Morgan fingerprint density at radius 1 is 0.947 bits per heavy atom. The highest BCUT2D eigenvalue weighted by molar-refractivity contribution is 6.09. The van der Waals surface area contributed by atoms with Gasteiger partial charge in [-0.05, 0) is 52.1 Å². The average molecular weight is 252 g/mol. The molecule has 0 saturated heterocycles. The second-order valence-electron chi connectivity index (χ2n) is 5.05. The molecule has 1 heteroatoms. The minimum atomic E-state index is -0.131. The van der Waals surface area contributed by atoms with Crippen molar-refractivity contribution < 1.29 is 4.39 Å². The molecule has 0 aliphatic heterocycles. The zero-order valence-electron chi connectivity index (χ0n) is 11.1. The van der Waals surface area contributed by atoms with Crippen molar-refractivity contribution in [3.63, 3.8) is 0 Å². The largest absolute Gasteiger partial charge is 0.207 e. The maximum Gasteiger partial charge on any atom is 0.124 e. The van der Waals surface area contributed by atoms with E-state index in [0.29, 0.717) is 0 Å². The van der Waals surface area contributed by atoms with Crippen LogP contribution in [-0.4, -0.2) is 0 Å². The first-order chi connectivity index (χ1) is 9.29. The molecule has 19 heavy (non-hydrogen) atoms. The first kappa shape index (κ1) is 12.2. The third-order valence-corrected chi connectivity index (χ3v) is 3.69. The van der Waals surface area contributed by atoms with Crippen LogP contribution in [0.15, 0.2) is 48.5 Å². The van der Waals surface area contributed by atoms with E-state index in [1.165, 1.54) is 16.2 Å². The monoisotopic (exact) mass is 252 g/mol. The van der Waals surface area contributed by atoms with Gasteiger partial charge in [0.25, 0.3) is 0 Å². The summed E-state index contributed by atoms with van der Waals surface area (Å²) in [6, 6.07) is 15.8. The first-order valence-corrected chi connectivity index (χ1v) is 6.89. The Kier molecular flexibility index (Phi) is 3.20. The standard InChI is InChI=1S/C18H17F/c1-2-3-6-14-11-16(19)12-15-10-9-13-7-4-5-8-17(13)18(14)15/h4-5,7-12H,2-3,6H2,1H3. The second-order valence-corrected chi connectivity index (χ2v) is 5.05. The zero-order valence-corrected chi connectivity index (χ0v) is 11.1. The molecule has 3 aromatic carbocycles. The molecule has 3 rings (SSSR count). The molecular weight excluding hydrogens is 235 g/mol. The normalized spacial score (nSPS) is 11.3. The molecule has 0 amide bonds. The Labute approximate surface area is 112 Å². The Morgan fingerprint density at radius 3 is 2.58 bits per heavy atom. The van der Waals surface area contributed by atoms with Gasteiger partial charge in [-0.15, -0.1) is 0 Å². The molecule has 0 N–H and O–H groups in total. The fraction of sp³-hybridized carbons (Fsp3) is 0.222. The summed E-state index contributed by atoms with van der Waals surface area (Å²) in [5, 5.41) is 4.67. The average Bonchev–Trinajstić information content (AvgIpc) is 2.44. The van der Waals surface area contributed by atoms with Crippen LogP contribution in [0.5, 0.6) is 0 Å². The van der Waals surface area contributed by atoms with Crippen molar-refractivity contribution in [1.82, 2.24) is 0 Å². The van der Waals surface area contributed by atoms with E-state index in [9.17, 15) is 4.39 Å². The van der Waals surface area contributed by atoms with Crippen molar-refractivity contribution >= 4 is 21.5 Å². The zero-order chi connectivity index (χ0) is 13.2. The maximum absolute atomic E-state index is 13.7. The van der Waals surface area contributed by atoms with Crippen molar-refractivity contribution in [1.29, 1.82) is 0 Å². The highest BCUT2D eigenvalue weighted by Crippen LogP contribution is 2.30. The van der Waals surface area contributed by atoms with E-state index in [2.05, 4.69) is 31.2 Å². The van der Waals surface area contributed by atoms with E-state index in [1.807, 2.05) is 12.1 Å². The molecule has 96 valence electrons. The predicted molar refractivity (Wildman–Crippen MR) is 80.0 cm³/mol. The molecule has 0 bridgehead atoms. The third kappa shape index (κ3) is 2.21. The molecule has 0 radical (unpaired) electrons. The van der Waals surface area contributed by atoms with Gasteiger partial charge >= 0.3 is 0 Å². The highest BCUT2D eigenvalue weighted by atomic mass is 19.1. The third-order valence-electron chi connectivity index (χ3n) is 3.69. The lowest BCUT2D eigenvalue weighted by Gasteiger charge is -2.10. The van der Waals surface area contributed by atoms with Crippen LogP contribution in [0.25, 0.3) is 21.5 Å². The molecule has 0 aliphatic rings. The fourth-order valence-electron chi connectivity index (χ4n) is 2.76. The van der Waals surface area contributed by atoms with Crippen LogP contribution < -0.4 is 0 Å². The number of unbranched alkanes of at least 4 members (excludes halogenated alkanes) is 1. The van der Waals surface area contributed by atoms with Crippen LogP contribution in [0.3, 0.4) is 0 Å². The number of aryl methyl sites for hydroxylation is 1. The molecule has 0 heterocycles. The Balaban J connectivity index is 2.35. The quantitative estimate of drug-likeness (QED) is 0.542. The molecule has 3 aromatic rings. The molecule has 0 unspecified atom stereocenters. The molecular formula is C18H17F. The summed E-state index contributed by atoms with van der Waals surface area (Å²) >= 11 is 0. The van der Waals surface area contributed by atoms with Gasteiger partial charge in [0.2, 0.25) is 0 Å². The van der Waals surface area contributed by atoms with Gasteiger partial charge in [-0.3, -0.25) is 0 Å². The van der Waals surface area contributed by atoms with Crippen LogP contribution >= 0.6 is 0 Å². The van der Waals surface area contributed by atoms with Gasteiger partial charge in [-0.25, -0.2) is 4.39 Å². The summed E-state index contributed by atoms with van der Waals surface area (Å²) < 4.78 is 13.7. The van der Waals surface area contributed by atoms with Gasteiger partial charge in [0, 0.05) is 0 Å². The minimum Gasteiger partial charge on any atom is -0.207 e. The van der Waals surface area contributed by atoms with Gasteiger partial charge in [-0.1, -0.05) is 49.7 Å². The lowest BCUT2D eigenvalue weighted by molar-refractivity contribution is 0.626. The van der Waals surface area contributed by atoms with Gasteiger partial charge in [0.05, 0.1) is 0 Å². The molecule has 0 nitrogen and oxygen atoms in total. The van der Waals surface area contributed by atoms with E-state index in [0.717, 1.165) is 30.2 Å². The van der Waals surface area contributed by atoms with Crippen LogP contribution in [0.4, 0.5) is 4.39 Å². The molecule has 0 aliphatic carbocycles. The molecule has 0 saturated carbocycles. The smallest absolute Gasteiger partial charge is 0.124 e. The highest BCUT2D eigenvalue weighted by Gasteiger charge is 2.07. The van der Waals surface area contributed by atoms with Crippen molar-refractivity contribution in [2.75, 3.05) is 0 Å².